The van der Waals surface area contributed by atoms with Crippen LogP contribution in [0.3, 0.4) is 0 Å². The fourth-order valence-electron chi connectivity index (χ4n) is 1.47. The summed E-state index contributed by atoms with van der Waals surface area (Å²) in [4.78, 5) is 0. The van der Waals surface area contributed by atoms with Gasteiger partial charge in [-0.25, -0.2) is 0 Å². The summed E-state index contributed by atoms with van der Waals surface area (Å²) in [7, 11) is 0. The Hall–Kier alpha value is -0.340. The van der Waals surface area contributed by atoms with E-state index in [1.807, 2.05) is 13.8 Å². The topological polar surface area (TPSA) is 29.5 Å². The number of aliphatic hydroxyl groups is 1. The van der Waals surface area contributed by atoms with Crippen molar-refractivity contribution in [3.8, 4) is 0 Å². The van der Waals surface area contributed by atoms with Crippen molar-refractivity contribution in [2.45, 2.75) is 32.5 Å². The molecule has 2 nitrogen and oxygen atoms in total. The highest BCUT2D eigenvalue weighted by molar-refractivity contribution is 5.01. The fourth-order valence-corrected chi connectivity index (χ4v) is 1.47. The highest BCUT2D eigenvalue weighted by Crippen LogP contribution is 2.24. The third-order valence-corrected chi connectivity index (χ3v) is 2.18. The van der Waals surface area contributed by atoms with Crippen LogP contribution < -0.4 is 0 Å². The second-order valence-corrected chi connectivity index (χ2v) is 3.43. The molecule has 11 heavy (non-hydrogen) atoms. The Morgan fingerprint density at radius 3 is 2.73 bits per heavy atom. The molecule has 3 atom stereocenters. The maximum atomic E-state index is 9.56. The summed E-state index contributed by atoms with van der Waals surface area (Å²) < 4.78 is 5.34. The van der Waals surface area contributed by atoms with E-state index in [1.165, 1.54) is 0 Å². The maximum absolute atomic E-state index is 9.56. The molecule has 0 spiro atoms. The number of hydrogen-bond donors (Lipinski definition) is 1. The molecule has 1 aliphatic heterocycles. The molecule has 1 saturated heterocycles. The summed E-state index contributed by atoms with van der Waals surface area (Å²) in [6, 6.07) is 0. The van der Waals surface area contributed by atoms with Crippen molar-refractivity contribution < 1.29 is 9.84 Å². The Bertz CT molecular complexity index is 154. The van der Waals surface area contributed by atoms with Crippen LogP contribution in [-0.2, 0) is 4.74 Å². The van der Waals surface area contributed by atoms with Crippen molar-refractivity contribution >= 4 is 0 Å². The van der Waals surface area contributed by atoms with Gasteiger partial charge in [-0.2, -0.15) is 0 Å². The molecular formula is C9H16O2. The summed E-state index contributed by atoms with van der Waals surface area (Å²) >= 11 is 0. The number of hydrogen-bond acceptors (Lipinski definition) is 2. The quantitative estimate of drug-likeness (QED) is 0.611. The predicted octanol–water partition coefficient (Wildman–Crippen LogP) is 1.35. The summed E-state index contributed by atoms with van der Waals surface area (Å²) in [6.07, 6.45) is 0.877. The van der Waals surface area contributed by atoms with E-state index in [-0.39, 0.29) is 12.0 Å². The maximum Gasteiger partial charge on any atom is 0.0795 e. The minimum absolute atomic E-state index is 0.266. The average molecular weight is 156 g/mol. The normalized spacial score (nSPS) is 33.7. The zero-order valence-electron chi connectivity index (χ0n) is 7.21. The lowest BCUT2D eigenvalue weighted by Gasteiger charge is -2.15. The zero-order chi connectivity index (χ0) is 8.43. The van der Waals surface area contributed by atoms with Crippen LogP contribution in [0.1, 0.15) is 20.3 Å². The van der Waals surface area contributed by atoms with Crippen LogP contribution in [-0.4, -0.2) is 23.9 Å². The van der Waals surface area contributed by atoms with Gasteiger partial charge < -0.3 is 9.84 Å². The Labute approximate surface area is 67.9 Å². The Balaban J connectivity index is 2.43. The molecule has 3 unspecified atom stereocenters. The van der Waals surface area contributed by atoms with Crippen LogP contribution in [0.15, 0.2) is 12.2 Å². The minimum atomic E-state index is -0.375. The molecule has 1 rings (SSSR count). The lowest BCUT2D eigenvalue weighted by atomic mass is 9.95. The minimum Gasteiger partial charge on any atom is -0.388 e. The van der Waals surface area contributed by atoms with Crippen molar-refractivity contribution in [1.29, 1.82) is 0 Å². The first kappa shape index (κ1) is 8.75. The monoisotopic (exact) mass is 156 g/mol. The summed E-state index contributed by atoms with van der Waals surface area (Å²) in [5.41, 5.74) is 0.840. The standard InChI is InChI=1S/C9H16O2/c1-6(2)9(10)8-4-7(3)11-5-8/h7-10H,1,4-5H2,2-3H3. The lowest BCUT2D eigenvalue weighted by Crippen LogP contribution is -2.21. The van der Waals surface area contributed by atoms with E-state index in [9.17, 15) is 5.11 Å². The molecule has 64 valence electrons. The van der Waals surface area contributed by atoms with E-state index in [0.29, 0.717) is 12.7 Å². The van der Waals surface area contributed by atoms with Gasteiger partial charge in [0.25, 0.3) is 0 Å². The molecule has 1 aliphatic rings. The van der Waals surface area contributed by atoms with Gasteiger partial charge in [-0.05, 0) is 20.3 Å². The molecule has 0 aromatic rings. The van der Waals surface area contributed by atoms with Gasteiger partial charge in [-0.3, -0.25) is 0 Å². The van der Waals surface area contributed by atoms with Gasteiger partial charge in [0.15, 0.2) is 0 Å². The van der Waals surface area contributed by atoms with Gasteiger partial charge in [0.2, 0.25) is 0 Å². The molecule has 0 bridgehead atoms. The number of ether oxygens (including phenoxy) is 1. The summed E-state index contributed by atoms with van der Waals surface area (Å²) in [5.74, 6) is 0.266. The van der Waals surface area contributed by atoms with Crippen molar-refractivity contribution in [1.82, 2.24) is 0 Å². The summed E-state index contributed by atoms with van der Waals surface area (Å²) in [6.45, 7) is 8.28. The van der Waals surface area contributed by atoms with Gasteiger partial charge in [0.05, 0.1) is 18.8 Å². The van der Waals surface area contributed by atoms with Crippen molar-refractivity contribution in [2.24, 2.45) is 5.92 Å². The first-order valence-electron chi connectivity index (χ1n) is 4.06. The van der Waals surface area contributed by atoms with Gasteiger partial charge >= 0.3 is 0 Å². The van der Waals surface area contributed by atoms with Gasteiger partial charge in [-0.15, -0.1) is 0 Å². The van der Waals surface area contributed by atoms with E-state index in [2.05, 4.69) is 6.58 Å². The highest BCUT2D eigenvalue weighted by Gasteiger charge is 2.28. The van der Waals surface area contributed by atoms with Crippen LogP contribution in [0.25, 0.3) is 0 Å². The molecule has 0 aliphatic carbocycles. The van der Waals surface area contributed by atoms with Crippen molar-refractivity contribution in [2.75, 3.05) is 6.61 Å². The smallest absolute Gasteiger partial charge is 0.0795 e. The molecule has 1 N–H and O–H groups in total. The Morgan fingerprint density at radius 1 is 1.73 bits per heavy atom. The average Bonchev–Trinajstić information content (AvgIpc) is 2.34. The molecule has 0 amide bonds. The summed E-state index contributed by atoms with van der Waals surface area (Å²) in [5, 5.41) is 9.56. The zero-order valence-corrected chi connectivity index (χ0v) is 7.21. The Morgan fingerprint density at radius 2 is 2.36 bits per heavy atom. The van der Waals surface area contributed by atoms with Gasteiger partial charge in [-0.1, -0.05) is 12.2 Å². The first-order valence-corrected chi connectivity index (χ1v) is 4.06. The Kier molecular flexibility index (Phi) is 2.68. The van der Waals surface area contributed by atoms with Gasteiger partial charge in [0.1, 0.15) is 0 Å². The van der Waals surface area contributed by atoms with E-state index in [0.717, 1.165) is 12.0 Å². The third-order valence-electron chi connectivity index (χ3n) is 2.18. The third kappa shape index (κ3) is 2.04. The van der Waals surface area contributed by atoms with Crippen LogP contribution >= 0.6 is 0 Å². The molecule has 0 aromatic carbocycles. The fraction of sp³-hybridized carbons (Fsp3) is 0.778. The molecule has 1 fully saturated rings. The molecular weight excluding hydrogens is 140 g/mol. The second kappa shape index (κ2) is 3.37. The lowest BCUT2D eigenvalue weighted by molar-refractivity contribution is 0.0959. The van der Waals surface area contributed by atoms with E-state index < -0.39 is 0 Å². The first-order chi connectivity index (χ1) is 5.11. The van der Waals surface area contributed by atoms with Crippen LogP contribution in [0.4, 0.5) is 0 Å². The number of aliphatic hydroxyl groups excluding tert-OH is 1. The van der Waals surface area contributed by atoms with Crippen LogP contribution in [0.5, 0.6) is 0 Å². The predicted molar refractivity (Wildman–Crippen MR) is 44.3 cm³/mol. The SMILES string of the molecule is C=C(C)C(O)C1COC(C)C1. The van der Waals surface area contributed by atoms with E-state index in [1.54, 1.807) is 0 Å². The number of rotatable bonds is 2. The molecule has 0 saturated carbocycles. The molecule has 2 heteroatoms. The second-order valence-electron chi connectivity index (χ2n) is 3.43. The highest BCUT2D eigenvalue weighted by atomic mass is 16.5. The van der Waals surface area contributed by atoms with Crippen molar-refractivity contribution in [3.63, 3.8) is 0 Å². The van der Waals surface area contributed by atoms with Crippen LogP contribution in [0, 0.1) is 5.92 Å². The van der Waals surface area contributed by atoms with Gasteiger partial charge in [0, 0.05) is 5.92 Å². The van der Waals surface area contributed by atoms with E-state index >= 15 is 0 Å². The molecule has 0 aromatic heterocycles. The van der Waals surface area contributed by atoms with Crippen LogP contribution in [0.2, 0.25) is 0 Å². The molecule has 0 radical (unpaired) electrons. The van der Waals surface area contributed by atoms with E-state index in [4.69, 9.17) is 4.74 Å². The van der Waals surface area contributed by atoms with Crippen molar-refractivity contribution in [3.05, 3.63) is 12.2 Å². The molecule has 1 heterocycles. The largest absolute Gasteiger partial charge is 0.388 e.